The van der Waals surface area contributed by atoms with E-state index in [1.807, 2.05) is 44.2 Å². The minimum atomic E-state index is -4.18. The number of aliphatic hydroxyl groups is 1. The molecule has 0 radical (unpaired) electrons. The Hall–Kier alpha value is -4.70. The first-order valence-electron chi connectivity index (χ1n) is 14.7. The monoisotopic (exact) mass is 678 g/mol. The Bertz CT molecular complexity index is 1890. The van der Waals surface area contributed by atoms with E-state index in [1.165, 1.54) is 46.1 Å². The highest BCUT2D eigenvalue weighted by Crippen LogP contribution is 2.26. The van der Waals surface area contributed by atoms with Crippen molar-refractivity contribution < 1.29 is 32.3 Å². The van der Waals surface area contributed by atoms with Crippen molar-refractivity contribution in [3.63, 3.8) is 0 Å². The van der Waals surface area contributed by atoms with Crippen LogP contribution in [0.15, 0.2) is 93.9 Å². The summed E-state index contributed by atoms with van der Waals surface area (Å²) in [6.45, 7) is 3.51. The van der Waals surface area contributed by atoms with Crippen LogP contribution in [-0.2, 0) is 27.8 Å². The number of rotatable bonds is 14. The van der Waals surface area contributed by atoms with Gasteiger partial charge in [-0.15, -0.1) is 11.3 Å². The minimum Gasteiger partial charge on any atom is -0.444 e. The van der Waals surface area contributed by atoms with Gasteiger partial charge in [0, 0.05) is 31.5 Å². The van der Waals surface area contributed by atoms with Gasteiger partial charge < -0.3 is 19.6 Å². The number of fused-ring (bicyclic) bond motifs is 1. The number of aliphatic hydroxyl groups excluding tert-OH is 1. The average Bonchev–Trinajstić information content (AvgIpc) is 3.73. The van der Waals surface area contributed by atoms with E-state index in [-0.39, 0.29) is 54.2 Å². The number of benzene rings is 2. The molecule has 3 aromatic heterocycles. The molecule has 5 rings (SSSR count). The summed E-state index contributed by atoms with van der Waals surface area (Å²) in [5.74, 6) is -0.627. The minimum absolute atomic E-state index is 0.0111. The van der Waals surface area contributed by atoms with Gasteiger partial charge in [-0.1, -0.05) is 50.2 Å². The number of nitrogens with zero attached hydrogens (tertiary/aromatic N) is 4. The summed E-state index contributed by atoms with van der Waals surface area (Å²) >= 11 is 1.34. The standard InChI is InChI=1S/C32H34N6O7S2/c1-21(2)17-38(18-28(39)27(14-22-8-4-3-5-9-22)36-32(41)44-19-23-16-33-20-46-23)47(42,43)24-11-12-25-29(15-24)45-31(35-25)37-30(40)26-10-6-7-13-34-26/h3-13,15-16,20-21,27-28,39H,14,17-19H2,1-2H3,(H,36,41)(H,35,37,40). The molecule has 0 aliphatic heterocycles. The number of amides is 2. The number of carbonyl (C=O) groups excluding carboxylic acids is 2. The molecular weight excluding hydrogens is 645 g/mol. The van der Waals surface area contributed by atoms with Crippen LogP contribution in [-0.4, -0.2) is 70.0 Å². The summed E-state index contributed by atoms with van der Waals surface area (Å²) in [6, 6.07) is 17.3. The summed E-state index contributed by atoms with van der Waals surface area (Å²) < 4.78 is 40.2. The normalized spacial score (nSPS) is 13.0. The third-order valence-corrected chi connectivity index (χ3v) is 9.55. The van der Waals surface area contributed by atoms with Gasteiger partial charge >= 0.3 is 12.1 Å². The number of pyridine rings is 1. The number of hydrogen-bond acceptors (Lipinski definition) is 11. The summed E-state index contributed by atoms with van der Waals surface area (Å²) in [5.41, 5.74) is 3.09. The summed E-state index contributed by atoms with van der Waals surface area (Å²) in [6.07, 6.45) is 1.25. The molecule has 3 N–H and O–H groups in total. The maximum atomic E-state index is 14.0. The quantitative estimate of drug-likeness (QED) is 0.152. The van der Waals surface area contributed by atoms with Crippen LogP contribution < -0.4 is 10.6 Å². The second-order valence-corrected chi connectivity index (χ2v) is 14.0. The Morgan fingerprint density at radius 3 is 2.55 bits per heavy atom. The molecule has 0 bridgehead atoms. The fourth-order valence-electron chi connectivity index (χ4n) is 4.73. The largest absolute Gasteiger partial charge is 0.444 e. The molecule has 3 heterocycles. The third kappa shape index (κ3) is 8.98. The number of aromatic nitrogens is 3. The van der Waals surface area contributed by atoms with E-state index in [1.54, 1.807) is 23.8 Å². The highest BCUT2D eigenvalue weighted by Gasteiger charge is 2.32. The predicted octanol–water partition coefficient (Wildman–Crippen LogP) is 4.48. The van der Waals surface area contributed by atoms with E-state index in [4.69, 9.17) is 9.15 Å². The van der Waals surface area contributed by atoms with Crippen LogP contribution in [0, 0.1) is 5.92 Å². The lowest BCUT2D eigenvalue weighted by molar-refractivity contribution is 0.0876. The summed E-state index contributed by atoms with van der Waals surface area (Å²) in [5, 5.41) is 16.7. The lowest BCUT2D eigenvalue weighted by Gasteiger charge is -2.30. The number of nitrogens with one attached hydrogen (secondary N) is 2. The second-order valence-electron chi connectivity index (χ2n) is 11.1. The Kier molecular flexibility index (Phi) is 10.9. The van der Waals surface area contributed by atoms with E-state index in [9.17, 15) is 23.1 Å². The number of alkyl carbamates (subject to hydrolysis) is 1. The Labute approximate surface area is 275 Å². The van der Waals surface area contributed by atoms with Crippen LogP contribution in [0.1, 0.15) is 34.8 Å². The number of carbonyl (C=O) groups is 2. The number of oxazole rings is 1. The highest BCUT2D eigenvalue weighted by molar-refractivity contribution is 7.89. The van der Waals surface area contributed by atoms with Crippen molar-refractivity contribution in [2.75, 3.05) is 18.4 Å². The van der Waals surface area contributed by atoms with E-state index in [2.05, 4.69) is 25.6 Å². The molecule has 0 fully saturated rings. The van der Waals surface area contributed by atoms with Crippen molar-refractivity contribution in [2.24, 2.45) is 5.92 Å². The van der Waals surface area contributed by atoms with E-state index < -0.39 is 34.2 Å². The smallest absolute Gasteiger partial charge is 0.407 e. The van der Waals surface area contributed by atoms with E-state index in [0.29, 0.717) is 5.52 Å². The van der Waals surface area contributed by atoms with Crippen LogP contribution >= 0.6 is 11.3 Å². The predicted molar refractivity (Wildman–Crippen MR) is 175 cm³/mol. The first-order valence-corrected chi connectivity index (χ1v) is 17.1. The third-order valence-electron chi connectivity index (χ3n) is 6.97. The Morgan fingerprint density at radius 2 is 1.85 bits per heavy atom. The molecule has 47 heavy (non-hydrogen) atoms. The molecule has 2 aromatic carbocycles. The number of hydrogen-bond donors (Lipinski definition) is 3. The number of anilines is 1. The molecule has 13 nitrogen and oxygen atoms in total. The van der Waals surface area contributed by atoms with Gasteiger partial charge in [0.05, 0.1) is 27.4 Å². The van der Waals surface area contributed by atoms with Gasteiger partial charge in [-0.05, 0) is 42.2 Å². The van der Waals surface area contributed by atoms with Gasteiger partial charge in [0.1, 0.15) is 17.8 Å². The van der Waals surface area contributed by atoms with E-state index in [0.717, 1.165) is 10.4 Å². The fourth-order valence-corrected chi connectivity index (χ4v) is 6.88. The molecule has 2 unspecified atom stereocenters. The molecule has 5 aromatic rings. The lowest BCUT2D eigenvalue weighted by Crippen LogP contribution is -2.51. The van der Waals surface area contributed by atoms with Gasteiger partial charge in [-0.3, -0.25) is 20.1 Å². The molecule has 2 amide bonds. The fraction of sp³-hybridized carbons (Fsp3) is 0.281. The van der Waals surface area contributed by atoms with Crippen molar-refractivity contribution in [1.82, 2.24) is 24.6 Å². The second kappa shape index (κ2) is 15.3. The lowest BCUT2D eigenvalue weighted by atomic mass is 10.0. The number of thiazole rings is 1. The molecule has 0 aliphatic rings. The van der Waals surface area contributed by atoms with Crippen LogP contribution in [0.3, 0.4) is 0 Å². The maximum absolute atomic E-state index is 14.0. The Morgan fingerprint density at radius 1 is 1.06 bits per heavy atom. The number of sulfonamides is 1. The molecule has 2 atom stereocenters. The van der Waals surface area contributed by atoms with Gasteiger partial charge in [0.15, 0.2) is 5.58 Å². The molecule has 0 spiro atoms. The van der Waals surface area contributed by atoms with Gasteiger partial charge in [-0.2, -0.15) is 9.29 Å². The van der Waals surface area contributed by atoms with Gasteiger partial charge in [0.25, 0.3) is 5.91 Å². The van der Waals surface area contributed by atoms with Crippen molar-refractivity contribution in [1.29, 1.82) is 0 Å². The molecule has 246 valence electrons. The maximum Gasteiger partial charge on any atom is 0.407 e. The first-order chi connectivity index (χ1) is 22.6. The first kappa shape index (κ1) is 33.7. The molecular formula is C32H34N6O7S2. The van der Waals surface area contributed by atoms with E-state index >= 15 is 0 Å². The van der Waals surface area contributed by atoms with Crippen molar-refractivity contribution in [2.45, 2.75) is 43.9 Å². The van der Waals surface area contributed by atoms with Crippen LogP contribution in [0.5, 0.6) is 0 Å². The topological polar surface area (TPSA) is 177 Å². The summed E-state index contributed by atoms with van der Waals surface area (Å²) in [4.78, 5) is 38.1. The summed E-state index contributed by atoms with van der Waals surface area (Å²) in [7, 11) is -4.18. The molecule has 0 aliphatic carbocycles. The van der Waals surface area contributed by atoms with Gasteiger partial charge in [-0.25, -0.2) is 13.2 Å². The SMILES string of the molecule is CC(C)CN(CC(O)C(Cc1ccccc1)NC(=O)OCc1cncs1)S(=O)(=O)c1ccc2nc(NC(=O)c3ccccn3)oc2c1. The Balaban J connectivity index is 1.34. The molecule has 15 heteroatoms. The molecule has 0 saturated carbocycles. The molecule has 0 saturated heterocycles. The average molecular weight is 679 g/mol. The zero-order chi connectivity index (χ0) is 33.4. The zero-order valence-corrected chi connectivity index (χ0v) is 27.3. The number of ether oxygens (including phenoxy) is 1. The van der Waals surface area contributed by atoms with Crippen LogP contribution in [0.2, 0.25) is 0 Å². The van der Waals surface area contributed by atoms with Crippen molar-refractivity contribution in [3.05, 3.63) is 101 Å². The highest BCUT2D eigenvalue weighted by atomic mass is 32.2. The van der Waals surface area contributed by atoms with Crippen molar-refractivity contribution >= 4 is 50.5 Å². The van der Waals surface area contributed by atoms with Gasteiger partial charge in [0.2, 0.25) is 10.0 Å². The van der Waals surface area contributed by atoms with Crippen LogP contribution in [0.25, 0.3) is 11.1 Å². The zero-order valence-electron chi connectivity index (χ0n) is 25.6. The van der Waals surface area contributed by atoms with Crippen LogP contribution in [0.4, 0.5) is 10.8 Å². The van der Waals surface area contributed by atoms with Crippen molar-refractivity contribution in [3.8, 4) is 0 Å².